The van der Waals surface area contributed by atoms with Crippen LogP contribution in [0.25, 0.3) is 17.4 Å². The molecule has 0 spiro atoms. The number of hydrazone groups is 1. The molecule has 0 aliphatic carbocycles. The Morgan fingerprint density at radius 1 is 1.30 bits per heavy atom. The third-order valence-electron chi connectivity index (χ3n) is 3.99. The first-order valence-corrected chi connectivity index (χ1v) is 9.47. The van der Waals surface area contributed by atoms with Gasteiger partial charge in [0.15, 0.2) is 5.84 Å². The smallest absolute Gasteiger partial charge is 0.283 e. The lowest BCUT2D eigenvalue weighted by molar-refractivity contribution is -0.114. The van der Waals surface area contributed by atoms with Crippen molar-refractivity contribution in [2.24, 2.45) is 16.0 Å². The zero-order chi connectivity index (χ0) is 19.1. The normalized spacial score (nSPS) is 18.2. The van der Waals surface area contributed by atoms with Crippen LogP contribution in [0.4, 0.5) is 0 Å². The molecule has 0 fully saturated rings. The van der Waals surface area contributed by atoms with Crippen molar-refractivity contribution >= 4 is 51.4 Å². The van der Waals surface area contributed by atoms with Crippen molar-refractivity contribution < 1.29 is 9.21 Å². The van der Waals surface area contributed by atoms with E-state index in [2.05, 4.69) is 10.1 Å². The van der Waals surface area contributed by atoms with Crippen LogP contribution >= 0.6 is 23.4 Å². The predicted octanol–water partition coefficient (Wildman–Crippen LogP) is 4.88. The van der Waals surface area contributed by atoms with E-state index in [0.717, 1.165) is 10.6 Å². The molecular formula is C19H15ClN4O2S. The van der Waals surface area contributed by atoms with E-state index in [1.165, 1.54) is 22.8 Å². The van der Waals surface area contributed by atoms with Crippen LogP contribution < -0.4 is 0 Å². The van der Waals surface area contributed by atoms with E-state index in [9.17, 15) is 4.79 Å². The van der Waals surface area contributed by atoms with E-state index in [-0.39, 0.29) is 17.3 Å². The van der Waals surface area contributed by atoms with Gasteiger partial charge in [0.1, 0.15) is 16.6 Å². The van der Waals surface area contributed by atoms with Crippen LogP contribution in [-0.2, 0) is 4.79 Å². The Kier molecular flexibility index (Phi) is 4.49. The maximum Gasteiger partial charge on any atom is 0.283 e. The molecule has 0 unspecified atom stereocenters. The number of amides is 1. The van der Waals surface area contributed by atoms with E-state index in [1.807, 2.05) is 26.0 Å². The lowest BCUT2D eigenvalue weighted by Crippen LogP contribution is -2.35. The topological polar surface area (TPSA) is 82.0 Å². The van der Waals surface area contributed by atoms with E-state index < -0.39 is 5.91 Å². The molecule has 0 atom stereocenters. The standard InChI is InChI=1S/C19H15ClN4O2S/c1-10(2)18-23-24-16(21)14(17(25)22-19(24)27-18)9-13-6-7-15(26-13)11-4-3-5-12(20)8-11/h3-10,21H,1-2H3/b14-9+,21-16?. The molecule has 1 amide bonds. The van der Waals surface area contributed by atoms with Crippen molar-refractivity contribution in [3.8, 4) is 11.3 Å². The molecule has 1 N–H and O–H groups in total. The van der Waals surface area contributed by atoms with Gasteiger partial charge < -0.3 is 4.42 Å². The summed E-state index contributed by atoms with van der Waals surface area (Å²) in [6.07, 6.45) is 1.52. The number of nitrogens with zero attached hydrogens (tertiary/aromatic N) is 3. The molecule has 2 aromatic rings. The van der Waals surface area contributed by atoms with Crippen LogP contribution in [0.3, 0.4) is 0 Å². The summed E-state index contributed by atoms with van der Waals surface area (Å²) >= 11 is 7.34. The number of carbonyl (C=O) groups is 1. The highest BCUT2D eigenvalue weighted by atomic mass is 35.5. The molecule has 2 aliphatic rings. The summed E-state index contributed by atoms with van der Waals surface area (Å²) in [5.41, 5.74) is 0.972. The fraction of sp³-hybridized carbons (Fsp3) is 0.158. The van der Waals surface area contributed by atoms with Gasteiger partial charge in [-0.25, -0.2) is 0 Å². The Morgan fingerprint density at radius 2 is 2.11 bits per heavy atom. The molecule has 1 aromatic carbocycles. The maximum absolute atomic E-state index is 12.4. The minimum atomic E-state index is -0.473. The van der Waals surface area contributed by atoms with E-state index in [0.29, 0.717) is 21.7 Å². The van der Waals surface area contributed by atoms with E-state index >= 15 is 0 Å². The molecule has 6 nitrogen and oxygen atoms in total. The number of thioether (sulfide) groups is 1. The second kappa shape index (κ2) is 6.83. The lowest BCUT2D eigenvalue weighted by atomic mass is 10.1. The molecule has 0 bridgehead atoms. The summed E-state index contributed by atoms with van der Waals surface area (Å²) in [7, 11) is 0. The lowest BCUT2D eigenvalue weighted by Gasteiger charge is -2.19. The second-order valence-electron chi connectivity index (χ2n) is 6.33. The summed E-state index contributed by atoms with van der Waals surface area (Å²) in [6, 6.07) is 10.8. The summed E-state index contributed by atoms with van der Waals surface area (Å²) < 4.78 is 5.80. The molecule has 136 valence electrons. The molecule has 1 aromatic heterocycles. The van der Waals surface area contributed by atoms with Crippen molar-refractivity contribution in [2.45, 2.75) is 13.8 Å². The third kappa shape index (κ3) is 3.36. The van der Waals surface area contributed by atoms with Gasteiger partial charge in [-0.3, -0.25) is 10.2 Å². The molecule has 4 rings (SSSR count). The first-order valence-electron chi connectivity index (χ1n) is 8.28. The molecule has 8 heteroatoms. The predicted molar refractivity (Wildman–Crippen MR) is 109 cm³/mol. The Labute approximate surface area is 165 Å². The maximum atomic E-state index is 12.4. The second-order valence-corrected chi connectivity index (χ2v) is 7.75. The minimum absolute atomic E-state index is 0.00569. The molecule has 0 radical (unpaired) electrons. The monoisotopic (exact) mass is 398 g/mol. The van der Waals surface area contributed by atoms with Gasteiger partial charge in [-0.2, -0.15) is 15.1 Å². The number of hydrogen-bond donors (Lipinski definition) is 1. The van der Waals surface area contributed by atoms with Gasteiger partial charge in [0, 0.05) is 16.5 Å². The van der Waals surface area contributed by atoms with Gasteiger partial charge >= 0.3 is 0 Å². The number of hydrogen-bond acceptors (Lipinski definition) is 5. The average Bonchev–Trinajstić information content (AvgIpc) is 3.26. The van der Waals surface area contributed by atoms with Crippen LogP contribution in [0.1, 0.15) is 19.6 Å². The number of benzene rings is 1. The van der Waals surface area contributed by atoms with Crippen molar-refractivity contribution in [3.05, 3.63) is 52.8 Å². The SMILES string of the molecule is CC(C)C1=NN2C(=N)/C(=C\c3ccc(-c4cccc(Cl)c4)o3)C(=O)N=C2S1. The highest BCUT2D eigenvalue weighted by molar-refractivity contribution is 8.27. The molecule has 27 heavy (non-hydrogen) atoms. The number of amidine groups is 2. The van der Waals surface area contributed by atoms with Gasteiger partial charge in [-0.15, -0.1) is 0 Å². The fourth-order valence-electron chi connectivity index (χ4n) is 2.61. The third-order valence-corrected chi connectivity index (χ3v) is 5.43. The largest absolute Gasteiger partial charge is 0.457 e. The zero-order valence-electron chi connectivity index (χ0n) is 14.6. The number of aliphatic imine (C=N–C) groups is 1. The quantitative estimate of drug-likeness (QED) is 0.747. The number of carbonyl (C=O) groups excluding carboxylic acids is 1. The Balaban J connectivity index is 1.65. The van der Waals surface area contributed by atoms with Gasteiger partial charge in [0.25, 0.3) is 5.91 Å². The van der Waals surface area contributed by atoms with Crippen molar-refractivity contribution in [3.63, 3.8) is 0 Å². The summed E-state index contributed by atoms with van der Waals surface area (Å²) in [4.78, 5) is 16.5. The first-order chi connectivity index (χ1) is 12.9. The summed E-state index contributed by atoms with van der Waals surface area (Å²) in [5.74, 6) is 0.800. The zero-order valence-corrected chi connectivity index (χ0v) is 16.1. The first kappa shape index (κ1) is 17.8. The van der Waals surface area contributed by atoms with E-state index in [4.69, 9.17) is 21.4 Å². The molecule has 0 saturated heterocycles. The summed E-state index contributed by atoms with van der Waals surface area (Å²) in [5, 5.41) is 16.0. The van der Waals surface area contributed by atoms with Gasteiger partial charge in [-0.1, -0.05) is 37.6 Å². The average molecular weight is 399 g/mol. The molecular weight excluding hydrogens is 384 g/mol. The number of furan rings is 1. The van der Waals surface area contributed by atoms with Crippen LogP contribution in [0.5, 0.6) is 0 Å². The highest BCUT2D eigenvalue weighted by Gasteiger charge is 2.36. The number of halogens is 1. The van der Waals surface area contributed by atoms with E-state index in [1.54, 1.807) is 24.3 Å². The highest BCUT2D eigenvalue weighted by Crippen LogP contribution is 2.31. The van der Waals surface area contributed by atoms with Crippen LogP contribution in [0, 0.1) is 11.3 Å². The van der Waals surface area contributed by atoms with Crippen LogP contribution in [0.15, 0.2) is 56.5 Å². The molecule has 3 heterocycles. The van der Waals surface area contributed by atoms with Gasteiger partial charge in [0.2, 0.25) is 5.17 Å². The van der Waals surface area contributed by atoms with Gasteiger partial charge in [-0.05, 0) is 42.1 Å². The van der Waals surface area contributed by atoms with Crippen molar-refractivity contribution in [2.75, 3.05) is 0 Å². The summed E-state index contributed by atoms with van der Waals surface area (Å²) in [6.45, 7) is 4.01. The number of fused-ring (bicyclic) bond motifs is 1. The fourth-order valence-corrected chi connectivity index (χ4v) is 3.69. The van der Waals surface area contributed by atoms with Crippen LogP contribution in [-0.4, -0.2) is 27.0 Å². The molecule has 0 saturated carbocycles. The number of nitrogens with one attached hydrogen (secondary N) is 1. The Morgan fingerprint density at radius 3 is 2.85 bits per heavy atom. The number of rotatable bonds is 3. The molecule has 2 aliphatic heterocycles. The Hall–Kier alpha value is -2.64. The Bertz CT molecular complexity index is 1050. The van der Waals surface area contributed by atoms with Crippen molar-refractivity contribution in [1.29, 1.82) is 5.41 Å². The van der Waals surface area contributed by atoms with Crippen LogP contribution in [0.2, 0.25) is 5.02 Å². The minimum Gasteiger partial charge on any atom is -0.457 e. The van der Waals surface area contributed by atoms with Crippen molar-refractivity contribution in [1.82, 2.24) is 5.01 Å². The van der Waals surface area contributed by atoms with Gasteiger partial charge in [0.05, 0.1) is 5.57 Å².